The third kappa shape index (κ3) is 1.70. The van der Waals surface area contributed by atoms with Crippen molar-refractivity contribution < 1.29 is 9.90 Å². The number of aromatic carboxylic acids is 1. The van der Waals surface area contributed by atoms with Gasteiger partial charge in [0.25, 0.3) is 0 Å². The highest BCUT2D eigenvalue weighted by Gasteiger charge is 2.15. The van der Waals surface area contributed by atoms with Gasteiger partial charge in [0.15, 0.2) is 0 Å². The van der Waals surface area contributed by atoms with Crippen molar-refractivity contribution in [3.63, 3.8) is 0 Å². The SMILES string of the molecule is Cc1c(CCl)ccc(C#N)c1C(=O)O. The average molecular weight is 210 g/mol. The summed E-state index contributed by atoms with van der Waals surface area (Å²) in [4.78, 5) is 10.9. The fourth-order valence-corrected chi connectivity index (χ4v) is 1.56. The van der Waals surface area contributed by atoms with E-state index in [1.54, 1.807) is 13.0 Å². The smallest absolute Gasteiger partial charge is 0.337 e. The fraction of sp³-hybridized carbons (Fsp3) is 0.200. The molecule has 1 N–H and O–H groups in total. The van der Waals surface area contributed by atoms with Crippen molar-refractivity contribution in [2.75, 3.05) is 0 Å². The van der Waals surface area contributed by atoms with Gasteiger partial charge < -0.3 is 5.11 Å². The zero-order valence-corrected chi connectivity index (χ0v) is 8.30. The van der Waals surface area contributed by atoms with Gasteiger partial charge in [-0.1, -0.05) is 6.07 Å². The molecular weight excluding hydrogens is 202 g/mol. The molecule has 0 atom stereocenters. The first kappa shape index (κ1) is 10.6. The summed E-state index contributed by atoms with van der Waals surface area (Å²) < 4.78 is 0. The van der Waals surface area contributed by atoms with Crippen LogP contribution in [-0.2, 0) is 5.88 Å². The quantitative estimate of drug-likeness (QED) is 0.761. The number of carbonyl (C=O) groups is 1. The summed E-state index contributed by atoms with van der Waals surface area (Å²) in [6.45, 7) is 1.65. The summed E-state index contributed by atoms with van der Waals surface area (Å²) in [7, 11) is 0. The molecule has 0 aliphatic rings. The van der Waals surface area contributed by atoms with Gasteiger partial charge in [0.1, 0.15) is 6.07 Å². The highest BCUT2D eigenvalue weighted by Crippen LogP contribution is 2.19. The molecule has 0 bridgehead atoms. The topological polar surface area (TPSA) is 61.1 Å². The Hall–Kier alpha value is -1.53. The van der Waals surface area contributed by atoms with Crippen LogP contribution in [0.3, 0.4) is 0 Å². The van der Waals surface area contributed by atoms with Crippen LogP contribution in [0.25, 0.3) is 0 Å². The molecule has 14 heavy (non-hydrogen) atoms. The number of rotatable bonds is 2. The van der Waals surface area contributed by atoms with Crippen LogP contribution in [0.1, 0.15) is 27.0 Å². The lowest BCUT2D eigenvalue weighted by molar-refractivity contribution is 0.0695. The van der Waals surface area contributed by atoms with E-state index in [4.69, 9.17) is 22.0 Å². The van der Waals surface area contributed by atoms with Gasteiger partial charge in [-0.05, 0) is 24.1 Å². The van der Waals surface area contributed by atoms with Crippen molar-refractivity contribution in [3.05, 3.63) is 34.4 Å². The fourth-order valence-electron chi connectivity index (χ4n) is 1.27. The molecule has 0 radical (unpaired) electrons. The first-order chi connectivity index (χ1) is 6.61. The van der Waals surface area contributed by atoms with E-state index < -0.39 is 5.97 Å². The molecule has 0 saturated heterocycles. The Kier molecular flexibility index (Phi) is 3.10. The zero-order chi connectivity index (χ0) is 10.7. The Labute approximate surface area is 86.5 Å². The molecule has 0 unspecified atom stereocenters. The molecule has 3 nitrogen and oxygen atoms in total. The number of halogens is 1. The molecule has 1 rings (SSSR count). The lowest BCUT2D eigenvalue weighted by Gasteiger charge is -2.07. The monoisotopic (exact) mass is 209 g/mol. The third-order valence-corrected chi connectivity index (χ3v) is 2.34. The van der Waals surface area contributed by atoms with E-state index in [0.29, 0.717) is 5.56 Å². The van der Waals surface area contributed by atoms with E-state index in [0.717, 1.165) is 5.56 Å². The summed E-state index contributed by atoms with van der Waals surface area (Å²) in [6, 6.07) is 5.00. The van der Waals surface area contributed by atoms with Crippen molar-refractivity contribution in [2.45, 2.75) is 12.8 Å². The molecule has 0 heterocycles. The van der Waals surface area contributed by atoms with Crippen LogP contribution in [0.4, 0.5) is 0 Å². The molecule has 4 heteroatoms. The van der Waals surface area contributed by atoms with Crippen LogP contribution in [0.5, 0.6) is 0 Å². The molecule has 0 aliphatic carbocycles. The number of nitriles is 1. The van der Waals surface area contributed by atoms with Crippen LogP contribution in [-0.4, -0.2) is 11.1 Å². The van der Waals surface area contributed by atoms with Gasteiger partial charge in [-0.25, -0.2) is 4.79 Å². The molecule has 0 spiro atoms. The van der Waals surface area contributed by atoms with E-state index in [9.17, 15) is 4.79 Å². The Bertz CT molecular complexity index is 421. The summed E-state index contributed by atoms with van der Waals surface area (Å²) in [5.41, 5.74) is 1.52. The molecular formula is C10H8ClNO2. The van der Waals surface area contributed by atoms with Crippen LogP contribution in [0, 0.1) is 18.3 Å². The minimum atomic E-state index is -1.09. The summed E-state index contributed by atoms with van der Waals surface area (Å²) in [6.07, 6.45) is 0. The number of hydrogen-bond donors (Lipinski definition) is 1. The second-order valence-electron chi connectivity index (χ2n) is 2.82. The molecule has 0 fully saturated rings. The lowest BCUT2D eigenvalue weighted by Crippen LogP contribution is -2.05. The second kappa shape index (κ2) is 4.12. The molecule has 0 aliphatic heterocycles. The van der Waals surface area contributed by atoms with E-state index in [1.807, 2.05) is 6.07 Å². The van der Waals surface area contributed by atoms with Crippen molar-refractivity contribution in [3.8, 4) is 6.07 Å². The van der Waals surface area contributed by atoms with Crippen molar-refractivity contribution in [2.24, 2.45) is 0 Å². The van der Waals surface area contributed by atoms with Crippen molar-refractivity contribution in [1.82, 2.24) is 0 Å². The van der Waals surface area contributed by atoms with Gasteiger partial charge in [-0.2, -0.15) is 5.26 Å². The molecule has 1 aromatic rings. The minimum Gasteiger partial charge on any atom is -0.478 e. The largest absolute Gasteiger partial charge is 0.478 e. The van der Waals surface area contributed by atoms with Crippen LogP contribution >= 0.6 is 11.6 Å². The minimum absolute atomic E-state index is 0.0469. The second-order valence-corrected chi connectivity index (χ2v) is 3.09. The maximum Gasteiger partial charge on any atom is 0.337 e. The highest BCUT2D eigenvalue weighted by molar-refractivity contribution is 6.17. The summed E-state index contributed by atoms with van der Waals surface area (Å²) >= 11 is 5.63. The number of benzene rings is 1. The van der Waals surface area contributed by atoms with Gasteiger partial charge in [-0.15, -0.1) is 11.6 Å². The Balaban J connectivity index is 3.49. The van der Waals surface area contributed by atoms with E-state index >= 15 is 0 Å². The first-order valence-electron chi connectivity index (χ1n) is 3.93. The van der Waals surface area contributed by atoms with E-state index in [-0.39, 0.29) is 17.0 Å². The highest BCUT2D eigenvalue weighted by atomic mass is 35.5. The summed E-state index contributed by atoms with van der Waals surface area (Å²) in [5.74, 6) is -0.844. The number of carboxylic acid groups (broad SMARTS) is 1. The first-order valence-corrected chi connectivity index (χ1v) is 4.47. The number of carboxylic acids is 1. The molecule has 72 valence electrons. The maximum atomic E-state index is 10.9. The maximum absolute atomic E-state index is 10.9. The Morgan fingerprint density at radius 1 is 1.64 bits per heavy atom. The van der Waals surface area contributed by atoms with Gasteiger partial charge in [0.2, 0.25) is 0 Å². The lowest BCUT2D eigenvalue weighted by atomic mass is 9.98. The van der Waals surface area contributed by atoms with E-state index in [2.05, 4.69) is 0 Å². The standard InChI is InChI=1S/C10H8ClNO2/c1-6-7(4-11)2-3-8(5-12)9(6)10(13)14/h2-3H,4H2,1H3,(H,13,14). The van der Waals surface area contributed by atoms with Crippen molar-refractivity contribution in [1.29, 1.82) is 5.26 Å². The molecule has 0 amide bonds. The molecule has 0 aromatic heterocycles. The Morgan fingerprint density at radius 3 is 2.71 bits per heavy atom. The van der Waals surface area contributed by atoms with Gasteiger partial charge in [-0.3, -0.25) is 0 Å². The normalized spacial score (nSPS) is 9.50. The number of alkyl halides is 1. The third-order valence-electron chi connectivity index (χ3n) is 2.06. The number of nitrogens with zero attached hydrogens (tertiary/aromatic N) is 1. The molecule has 0 saturated carbocycles. The average Bonchev–Trinajstić information content (AvgIpc) is 2.16. The summed E-state index contributed by atoms with van der Waals surface area (Å²) in [5, 5.41) is 17.6. The Morgan fingerprint density at radius 2 is 2.29 bits per heavy atom. The van der Waals surface area contributed by atoms with Crippen LogP contribution < -0.4 is 0 Å². The predicted octanol–water partition coefficient (Wildman–Crippen LogP) is 2.30. The van der Waals surface area contributed by atoms with Crippen LogP contribution in [0.15, 0.2) is 12.1 Å². The van der Waals surface area contributed by atoms with Crippen LogP contribution in [0.2, 0.25) is 0 Å². The zero-order valence-electron chi connectivity index (χ0n) is 7.54. The van der Waals surface area contributed by atoms with Gasteiger partial charge in [0.05, 0.1) is 11.1 Å². The van der Waals surface area contributed by atoms with Crippen molar-refractivity contribution >= 4 is 17.6 Å². The van der Waals surface area contributed by atoms with E-state index in [1.165, 1.54) is 6.07 Å². The van der Waals surface area contributed by atoms with Gasteiger partial charge in [0, 0.05) is 5.88 Å². The van der Waals surface area contributed by atoms with Gasteiger partial charge >= 0.3 is 5.97 Å². The predicted molar refractivity (Wildman–Crippen MR) is 52.4 cm³/mol. The molecule has 1 aromatic carbocycles. The number of hydrogen-bond acceptors (Lipinski definition) is 2.